The van der Waals surface area contributed by atoms with Gasteiger partial charge in [-0.3, -0.25) is 0 Å². The molecule has 1 rings (SSSR count). The second-order valence-electron chi connectivity index (χ2n) is 4.04. The highest BCUT2D eigenvalue weighted by Gasteiger charge is 2.02. The Hall–Kier alpha value is -0.560. The van der Waals surface area contributed by atoms with Crippen molar-refractivity contribution in [2.45, 2.75) is 44.9 Å². The van der Waals surface area contributed by atoms with Crippen molar-refractivity contribution in [3.8, 4) is 0 Å². The first-order chi connectivity index (χ1) is 6.93. The number of nitrogens with one attached hydrogen (secondary N) is 1. The average molecular weight is 193 g/mol. The lowest BCUT2D eigenvalue weighted by molar-refractivity contribution is 0.619. The van der Waals surface area contributed by atoms with Gasteiger partial charge in [0.25, 0.3) is 0 Å². The number of hydrogen-bond acceptors (Lipinski definition) is 1. The average Bonchev–Trinajstić information content (AvgIpc) is 2.25. The number of unbranched alkanes of at least 4 members (excludes halogenated alkanes) is 1. The maximum atomic E-state index is 3.72. The Balaban J connectivity index is 1.92. The summed E-state index contributed by atoms with van der Waals surface area (Å²) in [4.78, 5) is 0. The minimum atomic E-state index is 1.13. The zero-order valence-corrected chi connectivity index (χ0v) is 9.23. The van der Waals surface area contributed by atoms with Gasteiger partial charge in [-0.05, 0) is 58.0 Å². The molecule has 0 fully saturated rings. The lowest BCUT2D eigenvalue weighted by Gasteiger charge is -2.12. The third kappa shape index (κ3) is 5.23. The van der Waals surface area contributed by atoms with E-state index in [1.807, 2.05) is 6.08 Å². The van der Waals surface area contributed by atoms with Gasteiger partial charge in [0.1, 0.15) is 0 Å². The second-order valence-corrected chi connectivity index (χ2v) is 4.04. The standard InChI is InChI=1S/C13H23N/c1-2-3-7-11-14-12-10-13-8-5-4-6-9-13/h2,8,14H,1,3-7,9-12H2. The van der Waals surface area contributed by atoms with E-state index in [1.54, 1.807) is 5.57 Å². The summed E-state index contributed by atoms with van der Waals surface area (Å²) < 4.78 is 0. The van der Waals surface area contributed by atoms with Gasteiger partial charge in [-0.15, -0.1) is 6.58 Å². The molecule has 0 unspecified atom stereocenters. The van der Waals surface area contributed by atoms with Crippen LogP contribution in [0, 0.1) is 0 Å². The Kier molecular flexibility index (Phi) is 6.42. The molecule has 14 heavy (non-hydrogen) atoms. The van der Waals surface area contributed by atoms with Gasteiger partial charge < -0.3 is 5.32 Å². The van der Waals surface area contributed by atoms with Gasteiger partial charge >= 0.3 is 0 Å². The molecule has 1 aliphatic rings. The molecule has 80 valence electrons. The third-order valence-corrected chi connectivity index (χ3v) is 2.77. The van der Waals surface area contributed by atoms with E-state index in [0.29, 0.717) is 0 Å². The quantitative estimate of drug-likeness (QED) is 0.482. The predicted octanol–water partition coefficient (Wildman–Crippen LogP) is 3.43. The predicted molar refractivity (Wildman–Crippen MR) is 63.5 cm³/mol. The highest BCUT2D eigenvalue weighted by atomic mass is 14.8. The van der Waals surface area contributed by atoms with E-state index in [-0.39, 0.29) is 0 Å². The summed E-state index contributed by atoms with van der Waals surface area (Å²) in [5.41, 5.74) is 1.67. The zero-order valence-electron chi connectivity index (χ0n) is 9.23. The van der Waals surface area contributed by atoms with Crippen molar-refractivity contribution in [2.75, 3.05) is 13.1 Å². The molecular weight excluding hydrogens is 170 g/mol. The van der Waals surface area contributed by atoms with Crippen LogP contribution in [-0.2, 0) is 0 Å². The van der Waals surface area contributed by atoms with Crippen LogP contribution >= 0.6 is 0 Å². The van der Waals surface area contributed by atoms with Crippen LogP contribution in [0.4, 0.5) is 0 Å². The Morgan fingerprint density at radius 2 is 2.29 bits per heavy atom. The highest BCUT2D eigenvalue weighted by Crippen LogP contribution is 2.19. The monoisotopic (exact) mass is 193 g/mol. The smallest absolute Gasteiger partial charge is 0.00116 e. The molecule has 0 aromatic rings. The minimum Gasteiger partial charge on any atom is -0.316 e. The fourth-order valence-electron chi connectivity index (χ4n) is 1.88. The third-order valence-electron chi connectivity index (χ3n) is 2.77. The van der Waals surface area contributed by atoms with Crippen molar-refractivity contribution >= 4 is 0 Å². The van der Waals surface area contributed by atoms with Crippen LogP contribution in [0.1, 0.15) is 44.9 Å². The molecule has 1 aliphatic carbocycles. The number of rotatable bonds is 7. The summed E-state index contributed by atoms with van der Waals surface area (Å²) in [6, 6.07) is 0. The fourth-order valence-corrected chi connectivity index (χ4v) is 1.88. The summed E-state index contributed by atoms with van der Waals surface area (Å²) in [5.74, 6) is 0. The zero-order chi connectivity index (χ0) is 10.1. The van der Waals surface area contributed by atoms with Gasteiger partial charge in [0.15, 0.2) is 0 Å². The molecule has 0 aliphatic heterocycles. The Bertz CT molecular complexity index is 182. The maximum Gasteiger partial charge on any atom is -0.00116 e. The van der Waals surface area contributed by atoms with Crippen molar-refractivity contribution in [1.29, 1.82) is 0 Å². The Labute approximate surface area is 88.3 Å². The topological polar surface area (TPSA) is 12.0 Å². The number of allylic oxidation sites excluding steroid dienone is 2. The molecule has 1 nitrogen and oxygen atoms in total. The van der Waals surface area contributed by atoms with Crippen LogP contribution in [0.3, 0.4) is 0 Å². The van der Waals surface area contributed by atoms with Crippen LogP contribution in [-0.4, -0.2) is 13.1 Å². The lowest BCUT2D eigenvalue weighted by Crippen LogP contribution is -2.17. The highest BCUT2D eigenvalue weighted by molar-refractivity contribution is 5.05. The van der Waals surface area contributed by atoms with Crippen molar-refractivity contribution in [2.24, 2.45) is 0 Å². The molecule has 0 aromatic heterocycles. The van der Waals surface area contributed by atoms with Gasteiger partial charge in [0.2, 0.25) is 0 Å². The summed E-state index contributed by atoms with van der Waals surface area (Å²) in [5, 5.41) is 3.48. The van der Waals surface area contributed by atoms with Crippen LogP contribution in [0.2, 0.25) is 0 Å². The normalized spacial score (nSPS) is 16.4. The van der Waals surface area contributed by atoms with Crippen molar-refractivity contribution < 1.29 is 0 Å². The lowest BCUT2D eigenvalue weighted by atomic mass is 9.97. The first-order valence-corrected chi connectivity index (χ1v) is 5.93. The van der Waals surface area contributed by atoms with Crippen LogP contribution < -0.4 is 5.32 Å². The first kappa shape index (κ1) is 11.5. The molecule has 0 heterocycles. The van der Waals surface area contributed by atoms with E-state index < -0.39 is 0 Å². The molecular formula is C13H23N. The Morgan fingerprint density at radius 1 is 1.36 bits per heavy atom. The molecule has 0 radical (unpaired) electrons. The van der Waals surface area contributed by atoms with Gasteiger partial charge in [-0.25, -0.2) is 0 Å². The van der Waals surface area contributed by atoms with Crippen molar-refractivity contribution in [3.63, 3.8) is 0 Å². The van der Waals surface area contributed by atoms with E-state index >= 15 is 0 Å². The van der Waals surface area contributed by atoms with E-state index in [1.165, 1.54) is 38.5 Å². The van der Waals surface area contributed by atoms with Crippen LogP contribution in [0.25, 0.3) is 0 Å². The Morgan fingerprint density at radius 3 is 3.00 bits per heavy atom. The molecule has 0 saturated heterocycles. The molecule has 0 aromatic carbocycles. The summed E-state index contributed by atoms with van der Waals surface area (Å²) in [6.45, 7) is 6.01. The minimum absolute atomic E-state index is 1.13. The molecule has 0 atom stereocenters. The van der Waals surface area contributed by atoms with Crippen molar-refractivity contribution in [3.05, 3.63) is 24.3 Å². The largest absolute Gasteiger partial charge is 0.316 e. The number of hydrogen-bond donors (Lipinski definition) is 1. The molecule has 0 spiro atoms. The van der Waals surface area contributed by atoms with Crippen LogP contribution in [0.15, 0.2) is 24.3 Å². The van der Waals surface area contributed by atoms with E-state index in [2.05, 4.69) is 18.0 Å². The molecule has 0 saturated carbocycles. The van der Waals surface area contributed by atoms with Crippen molar-refractivity contribution in [1.82, 2.24) is 5.32 Å². The SMILES string of the molecule is C=CCCCNCCC1=CCCCC1. The summed E-state index contributed by atoms with van der Waals surface area (Å²) in [6.07, 6.45) is 13.5. The summed E-state index contributed by atoms with van der Waals surface area (Å²) >= 11 is 0. The molecule has 1 heteroatoms. The maximum absolute atomic E-state index is 3.72. The van der Waals surface area contributed by atoms with Gasteiger partial charge in [-0.1, -0.05) is 17.7 Å². The molecule has 0 amide bonds. The van der Waals surface area contributed by atoms with Gasteiger partial charge in [0, 0.05) is 0 Å². The fraction of sp³-hybridized carbons (Fsp3) is 0.692. The summed E-state index contributed by atoms with van der Waals surface area (Å²) in [7, 11) is 0. The van der Waals surface area contributed by atoms with E-state index in [0.717, 1.165) is 19.5 Å². The molecule has 0 bridgehead atoms. The first-order valence-electron chi connectivity index (χ1n) is 5.93. The second kappa shape index (κ2) is 7.81. The van der Waals surface area contributed by atoms with Gasteiger partial charge in [-0.2, -0.15) is 0 Å². The molecule has 1 N–H and O–H groups in total. The van der Waals surface area contributed by atoms with E-state index in [9.17, 15) is 0 Å². The van der Waals surface area contributed by atoms with Gasteiger partial charge in [0.05, 0.1) is 0 Å². The van der Waals surface area contributed by atoms with E-state index in [4.69, 9.17) is 0 Å². The van der Waals surface area contributed by atoms with Crippen LogP contribution in [0.5, 0.6) is 0 Å².